The van der Waals surface area contributed by atoms with Crippen LogP contribution in [-0.4, -0.2) is 38.0 Å². The summed E-state index contributed by atoms with van der Waals surface area (Å²) < 4.78 is 32.1. The topological polar surface area (TPSA) is 75.6 Å². The lowest BCUT2D eigenvalue weighted by atomic mass is 10.3. The second-order valence-corrected chi connectivity index (χ2v) is 5.31. The molecule has 2 aromatic rings. The molecule has 2 aliphatic rings. The van der Waals surface area contributed by atoms with E-state index in [2.05, 4.69) is 0 Å². The molecule has 1 N–H and O–H groups in total. The van der Waals surface area contributed by atoms with Crippen LogP contribution in [-0.2, 0) is 0 Å². The highest BCUT2D eigenvalue weighted by atomic mass is 16.7. The predicted octanol–water partition coefficient (Wildman–Crippen LogP) is 1.96. The van der Waals surface area contributed by atoms with Crippen LogP contribution < -0.4 is 28.4 Å². The fraction of sp³-hybridized carbons (Fsp3) is 0.294. The second-order valence-electron chi connectivity index (χ2n) is 5.31. The van der Waals surface area contributed by atoms with Crippen LogP contribution in [0.1, 0.15) is 0 Å². The monoisotopic (exact) mass is 332 g/mol. The summed E-state index contributed by atoms with van der Waals surface area (Å²) in [6.07, 6.45) is -0.777. The van der Waals surface area contributed by atoms with Crippen LogP contribution in [0.3, 0.4) is 0 Å². The maximum atomic E-state index is 10.00. The second kappa shape index (κ2) is 6.37. The Balaban J connectivity index is 1.27. The van der Waals surface area contributed by atoms with Crippen molar-refractivity contribution >= 4 is 0 Å². The van der Waals surface area contributed by atoms with E-state index in [1.54, 1.807) is 36.4 Å². The summed E-state index contributed by atoms with van der Waals surface area (Å²) in [5, 5.41) is 10.00. The van der Waals surface area contributed by atoms with Crippen molar-refractivity contribution < 1.29 is 33.5 Å². The number of hydrogen-bond donors (Lipinski definition) is 1. The molecule has 0 aliphatic carbocycles. The summed E-state index contributed by atoms with van der Waals surface area (Å²) >= 11 is 0. The molecule has 0 atom stereocenters. The number of fused-ring (bicyclic) bond motifs is 2. The molecule has 126 valence electrons. The lowest BCUT2D eigenvalue weighted by molar-refractivity contribution is 0.0625. The largest absolute Gasteiger partial charge is 0.491 e. The average molecular weight is 332 g/mol. The van der Waals surface area contributed by atoms with Crippen LogP contribution in [0.4, 0.5) is 0 Å². The molecule has 7 nitrogen and oxygen atoms in total. The zero-order chi connectivity index (χ0) is 16.4. The lowest BCUT2D eigenvalue weighted by Gasteiger charge is -2.14. The maximum absolute atomic E-state index is 10.00. The van der Waals surface area contributed by atoms with Gasteiger partial charge in [-0.2, -0.15) is 0 Å². The third kappa shape index (κ3) is 3.11. The summed E-state index contributed by atoms with van der Waals surface area (Å²) in [6, 6.07) is 10.5. The molecule has 0 saturated carbocycles. The van der Waals surface area contributed by atoms with E-state index in [0.29, 0.717) is 34.5 Å². The Morgan fingerprint density at radius 1 is 0.750 bits per heavy atom. The molecule has 0 radical (unpaired) electrons. The van der Waals surface area contributed by atoms with Crippen LogP contribution in [0.15, 0.2) is 36.4 Å². The van der Waals surface area contributed by atoms with Gasteiger partial charge in [-0.15, -0.1) is 0 Å². The minimum Gasteiger partial charge on any atom is -0.491 e. The summed E-state index contributed by atoms with van der Waals surface area (Å²) in [4.78, 5) is 0. The number of aliphatic hydroxyl groups is 1. The van der Waals surface area contributed by atoms with E-state index in [1.165, 1.54) is 0 Å². The van der Waals surface area contributed by atoms with E-state index in [-0.39, 0.29) is 26.8 Å². The highest BCUT2D eigenvalue weighted by Gasteiger charge is 2.16. The Hall–Kier alpha value is -2.80. The van der Waals surface area contributed by atoms with Gasteiger partial charge in [0.15, 0.2) is 23.0 Å². The zero-order valence-electron chi connectivity index (χ0n) is 12.8. The Kier molecular flexibility index (Phi) is 3.92. The van der Waals surface area contributed by atoms with E-state index in [4.69, 9.17) is 28.4 Å². The van der Waals surface area contributed by atoms with Gasteiger partial charge in [-0.05, 0) is 24.3 Å². The van der Waals surface area contributed by atoms with Crippen LogP contribution in [0.25, 0.3) is 0 Å². The van der Waals surface area contributed by atoms with Crippen LogP contribution in [0.2, 0.25) is 0 Å². The Morgan fingerprint density at radius 2 is 1.21 bits per heavy atom. The fourth-order valence-corrected chi connectivity index (χ4v) is 2.37. The molecule has 0 spiro atoms. The Labute approximate surface area is 138 Å². The number of aliphatic hydroxyl groups excluding tert-OH is 1. The molecule has 0 aromatic heterocycles. The van der Waals surface area contributed by atoms with E-state index < -0.39 is 6.10 Å². The van der Waals surface area contributed by atoms with E-state index in [0.717, 1.165) is 0 Å². The molecule has 0 bridgehead atoms. The molecule has 2 heterocycles. The van der Waals surface area contributed by atoms with Gasteiger partial charge >= 0.3 is 0 Å². The average Bonchev–Trinajstić information content (AvgIpc) is 3.25. The quantitative estimate of drug-likeness (QED) is 0.866. The van der Waals surface area contributed by atoms with Crippen molar-refractivity contribution in [2.45, 2.75) is 6.10 Å². The van der Waals surface area contributed by atoms with Gasteiger partial charge in [-0.1, -0.05) is 0 Å². The summed E-state index contributed by atoms with van der Waals surface area (Å²) in [7, 11) is 0. The minimum absolute atomic E-state index is 0.101. The maximum Gasteiger partial charge on any atom is 0.231 e. The number of ether oxygens (including phenoxy) is 6. The van der Waals surface area contributed by atoms with E-state index in [9.17, 15) is 5.11 Å². The van der Waals surface area contributed by atoms with Crippen LogP contribution in [0, 0.1) is 0 Å². The molecule has 0 unspecified atom stereocenters. The summed E-state index contributed by atoms with van der Waals surface area (Å²) in [5.74, 6) is 3.85. The molecule has 24 heavy (non-hydrogen) atoms. The number of rotatable bonds is 6. The summed E-state index contributed by atoms with van der Waals surface area (Å²) in [5.41, 5.74) is 0. The van der Waals surface area contributed by atoms with Crippen LogP contribution >= 0.6 is 0 Å². The smallest absolute Gasteiger partial charge is 0.231 e. The number of benzene rings is 2. The van der Waals surface area contributed by atoms with Crippen molar-refractivity contribution in [2.24, 2.45) is 0 Å². The first-order valence-electron chi connectivity index (χ1n) is 7.51. The zero-order valence-corrected chi connectivity index (χ0v) is 12.8. The normalized spacial score (nSPS) is 14.1. The third-order valence-electron chi connectivity index (χ3n) is 3.57. The van der Waals surface area contributed by atoms with Gasteiger partial charge in [0.2, 0.25) is 13.6 Å². The highest BCUT2D eigenvalue weighted by molar-refractivity contribution is 5.47. The van der Waals surface area contributed by atoms with E-state index >= 15 is 0 Å². The molecule has 0 fully saturated rings. The van der Waals surface area contributed by atoms with Gasteiger partial charge in [0.1, 0.15) is 30.8 Å². The number of hydrogen-bond acceptors (Lipinski definition) is 7. The Bertz CT molecular complexity index is 669. The third-order valence-corrected chi connectivity index (χ3v) is 3.57. The fourth-order valence-electron chi connectivity index (χ4n) is 2.37. The van der Waals surface area contributed by atoms with Gasteiger partial charge in [-0.3, -0.25) is 0 Å². The van der Waals surface area contributed by atoms with E-state index in [1.807, 2.05) is 0 Å². The van der Waals surface area contributed by atoms with Gasteiger partial charge in [0.25, 0.3) is 0 Å². The molecule has 7 heteroatoms. The molecular formula is C17H16O7. The molecule has 2 aliphatic heterocycles. The van der Waals surface area contributed by atoms with Crippen molar-refractivity contribution in [3.05, 3.63) is 36.4 Å². The van der Waals surface area contributed by atoms with Crippen molar-refractivity contribution in [1.29, 1.82) is 0 Å². The summed E-state index contributed by atoms with van der Waals surface area (Å²) in [6.45, 7) is 0.629. The van der Waals surface area contributed by atoms with Crippen molar-refractivity contribution in [2.75, 3.05) is 26.8 Å². The van der Waals surface area contributed by atoms with Gasteiger partial charge in [0, 0.05) is 12.1 Å². The first kappa shape index (κ1) is 14.8. The lowest BCUT2D eigenvalue weighted by Crippen LogP contribution is -2.25. The van der Waals surface area contributed by atoms with Crippen molar-refractivity contribution in [3.63, 3.8) is 0 Å². The standard InChI is InChI=1S/C17H16O7/c18-11(7-19-12-1-3-14-16(5-12)23-9-21-14)8-20-13-2-4-15-17(6-13)24-10-22-15/h1-6,11,18H,7-10H2. The first-order valence-corrected chi connectivity index (χ1v) is 7.51. The molecule has 0 amide bonds. The SMILES string of the molecule is OC(COc1ccc2c(c1)OCO2)COc1ccc2c(c1)OCO2. The first-order chi connectivity index (χ1) is 11.8. The molecule has 4 rings (SSSR count). The van der Waals surface area contributed by atoms with Crippen molar-refractivity contribution in [3.8, 4) is 34.5 Å². The van der Waals surface area contributed by atoms with Gasteiger partial charge in [-0.25, -0.2) is 0 Å². The highest BCUT2D eigenvalue weighted by Crippen LogP contribution is 2.36. The van der Waals surface area contributed by atoms with Gasteiger partial charge < -0.3 is 33.5 Å². The molecule has 0 saturated heterocycles. The Morgan fingerprint density at radius 3 is 1.71 bits per heavy atom. The molecular weight excluding hydrogens is 316 g/mol. The van der Waals surface area contributed by atoms with Crippen molar-refractivity contribution in [1.82, 2.24) is 0 Å². The van der Waals surface area contributed by atoms with Gasteiger partial charge in [0.05, 0.1) is 0 Å². The minimum atomic E-state index is -0.777. The van der Waals surface area contributed by atoms with Crippen LogP contribution in [0.5, 0.6) is 34.5 Å². The molecule has 2 aromatic carbocycles. The predicted molar refractivity (Wildman–Crippen MR) is 82.1 cm³/mol.